The van der Waals surface area contributed by atoms with Gasteiger partial charge in [-0.05, 0) is 31.4 Å². The smallest absolute Gasteiger partial charge is 0.128 e. The first-order valence-corrected chi connectivity index (χ1v) is 6.64. The second-order valence-electron chi connectivity index (χ2n) is 4.87. The number of aryl methyl sites for hydroxylation is 1. The van der Waals surface area contributed by atoms with Crippen molar-refractivity contribution in [3.05, 3.63) is 53.6 Å². The number of hydrogen-bond acceptors (Lipinski definition) is 2. The van der Waals surface area contributed by atoms with E-state index in [1.54, 1.807) is 12.1 Å². The SMILES string of the molecule is CCn1cc(CC(N)(CC)c2ccccc2F)cn1. The Kier molecular flexibility index (Phi) is 4.00. The van der Waals surface area contributed by atoms with Crippen LogP contribution in [0.5, 0.6) is 0 Å². The summed E-state index contributed by atoms with van der Waals surface area (Å²) in [7, 11) is 0. The number of hydrogen-bond donors (Lipinski definition) is 1. The maximum atomic E-state index is 13.9. The molecule has 1 aromatic heterocycles. The van der Waals surface area contributed by atoms with Crippen LogP contribution in [0.1, 0.15) is 31.4 Å². The van der Waals surface area contributed by atoms with Crippen molar-refractivity contribution >= 4 is 0 Å². The van der Waals surface area contributed by atoms with E-state index in [2.05, 4.69) is 5.10 Å². The number of aromatic nitrogens is 2. The molecule has 1 unspecified atom stereocenters. The molecular formula is C15H20FN3. The van der Waals surface area contributed by atoms with E-state index in [9.17, 15) is 4.39 Å². The summed E-state index contributed by atoms with van der Waals surface area (Å²) in [6.45, 7) is 4.84. The Morgan fingerprint density at radius 2 is 2.05 bits per heavy atom. The van der Waals surface area contributed by atoms with Gasteiger partial charge < -0.3 is 5.73 Å². The van der Waals surface area contributed by atoms with Crippen molar-refractivity contribution in [2.24, 2.45) is 5.73 Å². The predicted octanol–water partition coefficient (Wildman–Crippen LogP) is 2.85. The van der Waals surface area contributed by atoms with E-state index in [-0.39, 0.29) is 5.82 Å². The van der Waals surface area contributed by atoms with Crippen LogP contribution in [-0.2, 0) is 18.5 Å². The van der Waals surface area contributed by atoms with Gasteiger partial charge in [-0.2, -0.15) is 5.10 Å². The Hall–Kier alpha value is -1.68. The highest BCUT2D eigenvalue weighted by Gasteiger charge is 2.28. The van der Waals surface area contributed by atoms with Crippen LogP contribution >= 0.6 is 0 Å². The molecule has 2 rings (SSSR count). The maximum Gasteiger partial charge on any atom is 0.128 e. The molecule has 0 aliphatic rings. The number of benzene rings is 1. The largest absolute Gasteiger partial charge is 0.321 e. The van der Waals surface area contributed by atoms with Gasteiger partial charge in [-0.1, -0.05) is 25.1 Å². The Bertz CT molecular complexity index is 550. The molecule has 0 fully saturated rings. The van der Waals surface area contributed by atoms with Gasteiger partial charge in [-0.15, -0.1) is 0 Å². The van der Waals surface area contributed by atoms with Crippen LogP contribution in [0.25, 0.3) is 0 Å². The first-order valence-electron chi connectivity index (χ1n) is 6.64. The minimum absolute atomic E-state index is 0.241. The van der Waals surface area contributed by atoms with E-state index in [1.165, 1.54) is 6.07 Å². The van der Waals surface area contributed by atoms with Crippen molar-refractivity contribution < 1.29 is 4.39 Å². The fourth-order valence-electron chi connectivity index (χ4n) is 2.31. The lowest BCUT2D eigenvalue weighted by Crippen LogP contribution is -2.39. The van der Waals surface area contributed by atoms with Crippen LogP contribution in [-0.4, -0.2) is 9.78 Å². The zero-order valence-electron chi connectivity index (χ0n) is 11.4. The molecule has 1 aromatic carbocycles. The monoisotopic (exact) mass is 261 g/mol. The summed E-state index contributed by atoms with van der Waals surface area (Å²) in [5.74, 6) is -0.241. The minimum Gasteiger partial charge on any atom is -0.321 e. The van der Waals surface area contributed by atoms with Crippen molar-refractivity contribution in [1.82, 2.24) is 9.78 Å². The van der Waals surface area contributed by atoms with Crippen LogP contribution in [0, 0.1) is 5.82 Å². The molecule has 1 atom stereocenters. The molecule has 0 amide bonds. The maximum absolute atomic E-state index is 13.9. The van der Waals surface area contributed by atoms with Crippen molar-refractivity contribution in [1.29, 1.82) is 0 Å². The molecule has 3 nitrogen and oxygen atoms in total. The molecule has 0 radical (unpaired) electrons. The fourth-order valence-corrected chi connectivity index (χ4v) is 2.31. The van der Waals surface area contributed by atoms with E-state index in [0.29, 0.717) is 18.4 Å². The normalized spacial score (nSPS) is 14.3. The molecule has 1 heterocycles. The number of nitrogens with two attached hydrogens (primary N) is 1. The lowest BCUT2D eigenvalue weighted by molar-refractivity contribution is 0.402. The molecule has 2 N–H and O–H groups in total. The van der Waals surface area contributed by atoms with Crippen LogP contribution in [0.3, 0.4) is 0 Å². The molecular weight excluding hydrogens is 241 g/mol. The van der Waals surface area contributed by atoms with Gasteiger partial charge in [0.15, 0.2) is 0 Å². The molecule has 0 saturated carbocycles. The average molecular weight is 261 g/mol. The highest BCUT2D eigenvalue weighted by molar-refractivity contribution is 5.28. The molecule has 0 spiro atoms. The number of nitrogens with zero attached hydrogens (tertiary/aromatic N) is 2. The zero-order chi connectivity index (χ0) is 13.9. The molecule has 0 aliphatic carbocycles. The van der Waals surface area contributed by atoms with Crippen LogP contribution in [0.4, 0.5) is 4.39 Å². The van der Waals surface area contributed by atoms with Gasteiger partial charge in [-0.3, -0.25) is 4.68 Å². The summed E-state index contributed by atoms with van der Waals surface area (Å²) in [4.78, 5) is 0. The zero-order valence-corrected chi connectivity index (χ0v) is 11.4. The summed E-state index contributed by atoms with van der Waals surface area (Å²) in [6.07, 6.45) is 5.04. The van der Waals surface area contributed by atoms with E-state index < -0.39 is 5.54 Å². The third kappa shape index (κ3) is 2.84. The summed E-state index contributed by atoms with van der Waals surface area (Å²) in [5, 5.41) is 4.24. The Morgan fingerprint density at radius 3 is 2.63 bits per heavy atom. The molecule has 2 aromatic rings. The van der Waals surface area contributed by atoms with E-state index in [4.69, 9.17) is 5.73 Å². The third-order valence-electron chi connectivity index (χ3n) is 3.57. The quantitative estimate of drug-likeness (QED) is 0.899. The van der Waals surface area contributed by atoms with Crippen LogP contribution < -0.4 is 5.73 Å². The van der Waals surface area contributed by atoms with Gasteiger partial charge in [0.1, 0.15) is 5.82 Å². The summed E-state index contributed by atoms with van der Waals surface area (Å²) in [5.41, 5.74) is 7.35. The highest BCUT2D eigenvalue weighted by atomic mass is 19.1. The molecule has 0 saturated heterocycles. The molecule has 4 heteroatoms. The van der Waals surface area contributed by atoms with Crippen LogP contribution in [0.2, 0.25) is 0 Å². The van der Waals surface area contributed by atoms with Crippen molar-refractivity contribution in [3.63, 3.8) is 0 Å². The first kappa shape index (κ1) is 13.7. The molecule has 0 bridgehead atoms. The van der Waals surface area contributed by atoms with Crippen LogP contribution in [0.15, 0.2) is 36.7 Å². The second-order valence-corrected chi connectivity index (χ2v) is 4.87. The summed E-state index contributed by atoms with van der Waals surface area (Å²) >= 11 is 0. The van der Waals surface area contributed by atoms with Gasteiger partial charge >= 0.3 is 0 Å². The van der Waals surface area contributed by atoms with E-state index in [0.717, 1.165) is 12.1 Å². The second kappa shape index (κ2) is 5.53. The van der Waals surface area contributed by atoms with Crippen molar-refractivity contribution in [3.8, 4) is 0 Å². The van der Waals surface area contributed by atoms with Gasteiger partial charge in [0.2, 0.25) is 0 Å². The fraction of sp³-hybridized carbons (Fsp3) is 0.400. The Balaban J connectivity index is 2.30. The molecule has 19 heavy (non-hydrogen) atoms. The van der Waals surface area contributed by atoms with E-state index in [1.807, 2.05) is 37.0 Å². The van der Waals surface area contributed by atoms with Crippen molar-refractivity contribution in [2.75, 3.05) is 0 Å². The third-order valence-corrected chi connectivity index (χ3v) is 3.57. The predicted molar refractivity (Wildman–Crippen MR) is 74.2 cm³/mol. The molecule has 102 valence electrons. The summed E-state index contributed by atoms with van der Waals surface area (Å²) < 4.78 is 15.8. The topological polar surface area (TPSA) is 43.8 Å². The summed E-state index contributed by atoms with van der Waals surface area (Å²) in [6, 6.07) is 6.74. The lowest BCUT2D eigenvalue weighted by atomic mass is 9.83. The number of halogens is 1. The number of rotatable bonds is 5. The Morgan fingerprint density at radius 1 is 1.32 bits per heavy atom. The van der Waals surface area contributed by atoms with E-state index >= 15 is 0 Å². The van der Waals surface area contributed by atoms with Crippen molar-refractivity contribution in [2.45, 2.75) is 38.8 Å². The van der Waals surface area contributed by atoms with Gasteiger partial charge in [-0.25, -0.2) is 4.39 Å². The standard InChI is InChI=1S/C15H20FN3/c1-3-15(17,13-7-5-6-8-14(13)16)9-12-10-18-19(4-2)11-12/h5-8,10-11H,3-4,9,17H2,1-2H3. The Labute approximate surface area is 113 Å². The highest BCUT2D eigenvalue weighted by Crippen LogP contribution is 2.28. The molecule has 0 aliphatic heterocycles. The van der Waals surface area contributed by atoms with Gasteiger partial charge in [0.05, 0.1) is 6.20 Å². The average Bonchev–Trinajstić information content (AvgIpc) is 2.86. The first-order chi connectivity index (χ1) is 9.09. The van der Waals surface area contributed by atoms with Gasteiger partial charge in [0.25, 0.3) is 0 Å². The van der Waals surface area contributed by atoms with Gasteiger partial charge in [0, 0.05) is 23.8 Å². The minimum atomic E-state index is -0.688. The lowest BCUT2D eigenvalue weighted by Gasteiger charge is -2.28.